The van der Waals surface area contributed by atoms with E-state index in [1.165, 1.54) is 30.4 Å². The Balaban J connectivity index is 2.78. The summed E-state index contributed by atoms with van der Waals surface area (Å²) >= 11 is 0. The first kappa shape index (κ1) is 11.3. The van der Waals surface area contributed by atoms with Crippen molar-refractivity contribution in [3.8, 4) is 0 Å². The Morgan fingerprint density at radius 2 is 2.21 bits per heavy atom. The van der Waals surface area contributed by atoms with Gasteiger partial charge in [0, 0.05) is 0 Å². The van der Waals surface area contributed by atoms with Gasteiger partial charge in [-0.2, -0.15) is 0 Å². The van der Waals surface area contributed by atoms with Crippen molar-refractivity contribution in [3.05, 3.63) is 36.0 Å². The van der Waals surface area contributed by atoms with Crippen LogP contribution in [0.15, 0.2) is 36.0 Å². The molecular formula is C14H22. The Hall–Kier alpha value is -0.780. The maximum atomic E-state index is 4.14. The second-order valence-electron chi connectivity index (χ2n) is 4.75. The molecule has 0 amide bonds. The molecule has 0 heterocycles. The molecule has 0 aromatic heterocycles. The maximum absolute atomic E-state index is 4.14. The summed E-state index contributed by atoms with van der Waals surface area (Å²) in [5.74, 6) is 0. The number of hydrogen-bond acceptors (Lipinski definition) is 0. The molecule has 0 nitrogen and oxygen atoms in total. The highest BCUT2D eigenvalue weighted by molar-refractivity contribution is 5.30. The van der Waals surface area contributed by atoms with Gasteiger partial charge >= 0.3 is 0 Å². The molecule has 0 radical (unpaired) electrons. The van der Waals surface area contributed by atoms with E-state index >= 15 is 0 Å². The predicted molar refractivity (Wildman–Crippen MR) is 64.3 cm³/mol. The molecule has 14 heavy (non-hydrogen) atoms. The minimum absolute atomic E-state index is 0.470. The zero-order chi connectivity index (χ0) is 10.6. The molecule has 0 N–H and O–H groups in total. The lowest BCUT2D eigenvalue weighted by atomic mass is 9.79. The van der Waals surface area contributed by atoms with Crippen molar-refractivity contribution in [1.29, 1.82) is 0 Å². The fraction of sp³-hybridized carbons (Fsp3) is 0.571. The van der Waals surface area contributed by atoms with Crippen LogP contribution < -0.4 is 0 Å². The largest absolute Gasteiger partial charge is 0.0956 e. The van der Waals surface area contributed by atoms with Crippen molar-refractivity contribution < 1.29 is 0 Å². The fourth-order valence-electron chi connectivity index (χ4n) is 1.76. The summed E-state index contributed by atoms with van der Waals surface area (Å²) < 4.78 is 0. The van der Waals surface area contributed by atoms with Gasteiger partial charge in [-0.05, 0) is 37.2 Å². The summed E-state index contributed by atoms with van der Waals surface area (Å²) in [5, 5.41) is 0. The normalized spacial score (nSPS) is 29.1. The number of rotatable bonds is 1. The lowest BCUT2D eigenvalue weighted by molar-refractivity contribution is 0.289. The van der Waals surface area contributed by atoms with Gasteiger partial charge in [-0.25, -0.2) is 0 Å². The molecule has 1 unspecified atom stereocenters. The Labute approximate surface area is 88.4 Å². The van der Waals surface area contributed by atoms with E-state index in [0.717, 1.165) is 6.42 Å². The summed E-state index contributed by atoms with van der Waals surface area (Å²) in [6, 6.07) is 0. The van der Waals surface area contributed by atoms with E-state index in [9.17, 15) is 0 Å². The van der Waals surface area contributed by atoms with Crippen molar-refractivity contribution in [2.24, 2.45) is 5.41 Å². The summed E-state index contributed by atoms with van der Waals surface area (Å²) in [6.07, 6.45) is 11.5. The van der Waals surface area contributed by atoms with Gasteiger partial charge in [0.15, 0.2) is 0 Å². The van der Waals surface area contributed by atoms with Crippen LogP contribution in [0.25, 0.3) is 0 Å². The van der Waals surface area contributed by atoms with E-state index < -0.39 is 0 Å². The smallest absolute Gasteiger partial charge is 0.0277 e. The van der Waals surface area contributed by atoms with Crippen LogP contribution in [0.2, 0.25) is 0 Å². The zero-order valence-electron chi connectivity index (χ0n) is 9.77. The fourth-order valence-corrected chi connectivity index (χ4v) is 1.76. The van der Waals surface area contributed by atoms with E-state index in [1.54, 1.807) is 0 Å². The molecule has 0 bridgehead atoms. The van der Waals surface area contributed by atoms with Crippen LogP contribution in [-0.2, 0) is 0 Å². The zero-order valence-corrected chi connectivity index (χ0v) is 9.77. The first-order valence-corrected chi connectivity index (χ1v) is 5.59. The first-order valence-electron chi connectivity index (χ1n) is 5.59. The van der Waals surface area contributed by atoms with Crippen LogP contribution in [0.3, 0.4) is 0 Å². The van der Waals surface area contributed by atoms with Gasteiger partial charge in [-0.15, -0.1) is 0 Å². The Kier molecular flexibility index (Phi) is 3.74. The lowest BCUT2D eigenvalue weighted by Gasteiger charge is -2.27. The SMILES string of the molecule is C=C1CCC(C)(CC)CC=CC=C1C. The molecule has 0 heteroatoms. The van der Waals surface area contributed by atoms with E-state index in [0.29, 0.717) is 5.41 Å². The predicted octanol–water partition coefficient (Wildman–Crippen LogP) is 4.65. The summed E-state index contributed by atoms with van der Waals surface area (Å²) in [7, 11) is 0. The molecule has 0 aliphatic heterocycles. The number of hydrogen-bond donors (Lipinski definition) is 0. The molecule has 0 aromatic carbocycles. The molecular weight excluding hydrogens is 168 g/mol. The molecule has 0 saturated carbocycles. The highest BCUT2D eigenvalue weighted by Gasteiger charge is 2.20. The van der Waals surface area contributed by atoms with Gasteiger partial charge < -0.3 is 0 Å². The minimum atomic E-state index is 0.470. The average Bonchev–Trinajstić information content (AvgIpc) is 2.25. The van der Waals surface area contributed by atoms with Crippen molar-refractivity contribution in [2.45, 2.75) is 46.5 Å². The quantitative estimate of drug-likeness (QED) is 0.565. The highest BCUT2D eigenvalue weighted by atomic mass is 14.3. The van der Waals surface area contributed by atoms with Crippen molar-refractivity contribution in [1.82, 2.24) is 0 Å². The van der Waals surface area contributed by atoms with Crippen molar-refractivity contribution in [2.75, 3.05) is 0 Å². The molecule has 0 aromatic rings. The Morgan fingerprint density at radius 1 is 1.50 bits per heavy atom. The Morgan fingerprint density at radius 3 is 2.86 bits per heavy atom. The van der Waals surface area contributed by atoms with Crippen LogP contribution in [0.1, 0.15) is 46.5 Å². The van der Waals surface area contributed by atoms with E-state index in [2.05, 4.69) is 45.6 Å². The van der Waals surface area contributed by atoms with Gasteiger partial charge in [0.2, 0.25) is 0 Å². The molecule has 1 aliphatic carbocycles. The topological polar surface area (TPSA) is 0 Å². The van der Waals surface area contributed by atoms with Crippen LogP contribution in [0, 0.1) is 5.41 Å². The maximum Gasteiger partial charge on any atom is -0.0277 e. The molecule has 0 saturated heterocycles. The van der Waals surface area contributed by atoms with E-state index in [4.69, 9.17) is 0 Å². The van der Waals surface area contributed by atoms with E-state index in [1.807, 2.05) is 0 Å². The minimum Gasteiger partial charge on any atom is -0.0956 e. The van der Waals surface area contributed by atoms with Crippen molar-refractivity contribution in [3.63, 3.8) is 0 Å². The molecule has 0 fully saturated rings. The molecule has 0 spiro atoms. The first-order chi connectivity index (χ1) is 6.57. The summed E-state index contributed by atoms with van der Waals surface area (Å²) in [5.41, 5.74) is 3.11. The second-order valence-corrected chi connectivity index (χ2v) is 4.75. The van der Waals surface area contributed by atoms with E-state index in [-0.39, 0.29) is 0 Å². The van der Waals surface area contributed by atoms with Gasteiger partial charge in [0.1, 0.15) is 0 Å². The van der Waals surface area contributed by atoms with Crippen LogP contribution in [0.4, 0.5) is 0 Å². The number of allylic oxidation sites excluding steroid dienone is 5. The van der Waals surface area contributed by atoms with Gasteiger partial charge in [0.25, 0.3) is 0 Å². The molecule has 1 rings (SSSR count). The van der Waals surface area contributed by atoms with Gasteiger partial charge in [-0.1, -0.05) is 50.6 Å². The standard InChI is InChI=1S/C14H22/c1-5-14(4)10-7-6-8-12(2)13(3)9-11-14/h6-8H,3,5,9-11H2,1-2,4H3. The third kappa shape index (κ3) is 2.87. The third-order valence-electron chi connectivity index (χ3n) is 3.53. The van der Waals surface area contributed by atoms with Crippen molar-refractivity contribution >= 4 is 0 Å². The highest BCUT2D eigenvalue weighted by Crippen LogP contribution is 2.34. The summed E-state index contributed by atoms with van der Waals surface area (Å²) in [6.45, 7) is 11.0. The van der Waals surface area contributed by atoms with Crippen LogP contribution in [-0.4, -0.2) is 0 Å². The third-order valence-corrected chi connectivity index (χ3v) is 3.53. The Bertz CT molecular complexity index is 268. The average molecular weight is 190 g/mol. The monoisotopic (exact) mass is 190 g/mol. The van der Waals surface area contributed by atoms with Gasteiger partial charge in [-0.3, -0.25) is 0 Å². The second kappa shape index (κ2) is 4.63. The summed E-state index contributed by atoms with van der Waals surface area (Å²) in [4.78, 5) is 0. The van der Waals surface area contributed by atoms with Crippen LogP contribution >= 0.6 is 0 Å². The molecule has 1 atom stereocenters. The molecule has 78 valence electrons. The van der Waals surface area contributed by atoms with Crippen LogP contribution in [0.5, 0.6) is 0 Å². The lowest BCUT2D eigenvalue weighted by Crippen LogP contribution is -2.14. The van der Waals surface area contributed by atoms with Gasteiger partial charge in [0.05, 0.1) is 0 Å². The molecule has 1 aliphatic rings.